The smallest absolute Gasteiger partial charge is 0.408 e. The van der Waals surface area contributed by atoms with E-state index in [4.69, 9.17) is 27.9 Å². The number of carboxylic acids is 2. The number of carboxylic acid groups (broad SMARTS) is 2. The maximum Gasteiger partial charge on any atom is 0.408 e. The normalized spacial score (nSPS) is 28.0. The number of urea groups is 1. The fraction of sp³-hybridized carbons (Fsp3) is 0.583. The minimum Gasteiger partial charge on any atom is -0.481 e. The second kappa shape index (κ2) is 9.63. The molecular weight excluding hydrogens is 513 g/mol. The van der Waals surface area contributed by atoms with Gasteiger partial charge in [-0.2, -0.15) is 0 Å². The molecule has 0 saturated heterocycles. The summed E-state index contributed by atoms with van der Waals surface area (Å²) in [7, 11) is 0. The Morgan fingerprint density at radius 2 is 1.61 bits per heavy atom. The van der Waals surface area contributed by atoms with E-state index < -0.39 is 64.4 Å². The highest BCUT2D eigenvalue weighted by molar-refractivity contribution is 6.39. The molecule has 2 aliphatic rings. The molecule has 12 heteroatoms. The van der Waals surface area contributed by atoms with Gasteiger partial charge in [-0.25, -0.2) is 14.4 Å². The van der Waals surface area contributed by atoms with E-state index in [1.807, 2.05) is 0 Å². The number of carbonyl (C=O) groups is 4. The Balaban J connectivity index is 2.04. The van der Waals surface area contributed by atoms with Gasteiger partial charge in [-0.15, -0.1) is 0 Å². The summed E-state index contributed by atoms with van der Waals surface area (Å²) in [4.78, 5) is 51.0. The van der Waals surface area contributed by atoms with E-state index in [9.17, 15) is 29.4 Å². The van der Waals surface area contributed by atoms with Gasteiger partial charge in [0.2, 0.25) is 0 Å². The molecule has 1 aromatic carbocycles. The first kappa shape index (κ1) is 27.9. The number of halogens is 2. The van der Waals surface area contributed by atoms with E-state index in [2.05, 4.69) is 16.0 Å². The number of rotatable bonds is 7. The molecule has 36 heavy (non-hydrogen) atoms. The summed E-state index contributed by atoms with van der Waals surface area (Å²) >= 11 is 12.3. The minimum absolute atomic E-state index is 0.161. The topological polar surface area (TPSA) is 154 Å². The summed E-state index contributed by atoms with van der Waals surface area (Å²) in [6.45, 7) is 8.40. The average molecular weight is 544 g/mol. The van der Waals surface area contributed by atoms with Crippen LogP contribution in [0.3, 0.4) is 0 Å². The van der Waals surface area contributed by atoms with Crippen LogP contribution in [0.1, 0.15) is 47.5 Å². The lowest BCUT2D eigenvalue weighted by molar-refractivity contribution is -0.155. The third-order valence-electron chi connectivity index (χ3n) is 7.41. The molecule has 198 valence electrons. The van der Waals surface area contributed by atoms with Crippen molar-refractivity contribution in [3.05, 3.63) is 28.2 Å². The number of fused-ring (bicyclic) bond motifs is 1. The number of aliphatic carboxylic acids is 2. The number of para-hydroxylation sites is 1. The zero-order chi connectivity index (χ0) is 27.2. The standard InChI is InChI=1S/C24H31Cl2N3O7/c1-6-23(7-2)17(28-20(34)27-16-11(25)9-8-10-12(16)26)13-14(18(30)31)15(13)24(23,19(32)33)29-21(35)36-22(3,4)5/h8-10,13-15,17H,6-7H2,1-5H3,(H,29,35)(H,30,31)(H,32,33)(H2,27,28,34)/t13-,14-,15+,17+,24-/m1/s1. The molecule has 2 saturated carbocycles. The quantitative estimate of drug-likeness (QED) is 0.336. The van der Waals surface area contributed by atoms with Crippen LogP contribution >= 0.6 is 23.2 Å². The molecule has 2 aliphatic carbocycles. The van der Waals surface area contributed by atoms with Gasteiger partial charge >= 0.3 is 24.1 Å². The number of benzene rings is 1. The monoisotopic (exact) mass is 543 g/mol. The molecule has 10 nitrogen and oxygen atoms in total. The number of ether oxygens (including phenoxy) is 1. The van der Waals surface area contributed by atoms with E-state index in [1.54, 1.807) is 52.8 Å². The number of hydrogen-bond donors (Lipinski definition) is 5. The van der Waals surface area contributed by atoms with Crippen molar-refractivity contribution in [1.82, 2.24) is 10.6 Å². The van der Waals surface area contributed by atoms with Crippen molar-refractivity contribution in [2.45, 2.75) is 64.6 Å². The lowest BCUT2D eigenvalue weighted by Crippen LogP contribution is -2.69. The second-order valence-electron chi connectivity index (χ2n) is 10.2. The zero-order valence-electron chi connectivity index (χ0n) is 20.6. The summed E-state index contributed by atoms with van der Waals surface area (Å²) in [6.07, 6.45) is -0.523. The van der Waals surface area contributed by atoms with Crippen LogP contribution in [0.4, 0.5) is 15.3 Å². The van der Waals surface area contributed by atoms with Crippen LogP contribution in [-0.4, -0.2) is 51.5 Å². The van der Waals surface area contributed by atoms with Gasteiger partial charge in [-0.1, -0.05) is 43.1 Å². The fourth-order valence-corrected chi connectivity index (χ4v) is 6.53. The molecular formula is C24H31Cl2N3O7. The van der Waals surface area contributed by atoms with E-state index in [-0.39, 0.29) is 28.6 Å². The molecule has 0 aromatic heterocycles. The second-order valence-corrected chi connectivity index (χ2v) is 11.1. The van der Waals surface area contributed by atoms with Crippen LogP contribution in [0.15, 0.2) is 18.2 Å². The van der Waals surface area contributed by atoms with Crippen LogP contribution in [0.2, 0.25) is 10.0 Å². The Morgan fingerprint density at radius 1 is 1.06 bits per heavy atom. The molecule has 5 N–H and O–H groups in total. The molecule has 0 aliphatic heterocycles. The van der Waals surface area contributed by atoms with Crippen molar-refractivity contribution >= 4 is 53.0 Å². The summed E-state index contributed by atoms with van der Waals surface area (Å²) in [5.41, 5.74) is -3.97. The lowest BCUT2D eigenvalue weighted by atomic mass is 9.62. The summed E-state index contributed by atoms with van der Waals surface area (Å²) in [5, 5.41) is 28.7. The molecule has 0 heterocycles. The number of carbonyl (C=O) groups excluding carboxylic acids is 2. The summed E-state index contributed by atoms with van der Waals surface area (Å²) in [6, 6.07) is 3.07. The van der Waals surface area contributed by atoms with Crippen LogP contribution < -0.4 is 16.0 Å². The minimum atomic E-state index is -1.99. The average Bonchev–Trinajstić information content (AvgIpc) is 3.45. The van der Waals surface area contributed by atoms with Crippen molar-refractivity contribution in [1.29, 1.82) is 0 Å². The predicted octanol–water partition coefficient (Wildman–Crippen LogP) is 4.60. The van der Waals surface area contributed by atoms with E-state index >= 15 is 0 Å². The predicted molar refractivity (Wildman–Crippen MR) is 133 cm³/mol. The van der Waals surface area contributed by atoms with Crippen LogP contribution in [0.5, 0.6) is 0 Å². The molecule has 3 rings (SSSR count). The maximum absolute atomic E-state index is 13.1. The summed E-state index contributed by atoms with van der Waals surface area (Å²) < 4.78 is 5.35. The Labute approximate surface area is 219 Å². The van der Waals surface area contributed by atoms with Crippen LogP contribution in [0, 0.1) is 23.2 Å². The van der Waals surface area contributed by atoms with Gasteiger partial charge in [-0.3, -0.25) is 4.79 Å². The highest BCUT2D eigenvalue weighted by Crippen LogP contribution is 2.71. The van der Waals surface area contributed by atoms with Gasteiger partial charge in [0, 0.05) is 17.4 Å². The molecule has 2 fully saturated rings. The van der Waals surface area contributed by atoms with Gasteiger partial charge < -0.3 is 30.9 Å². The van der Waals surface area contributed by atoms with Gasteiger partial charge in [-0.05, 0) is 51.7 Å². The number of hydrogen-bond acceptors (Lipinski definition) is 5. The molecule has 3 amide bonds. The fourth-order valence-electron chi connectivity index (χ4n) is 6.04. The van der Waals surface area contributed by atoms with E-state index in [1.165, 1.54) is 0 Å². The Kier molecular flexibility index (Phi) is 7.45. The first-order valence-electron chi connectivity index (χ1n) is 11.7. The number of amides is 3. The van der Waals surface area contributed by atoms with Crippen molar-refractivity contribution in [2.24, 2.45) is 23.2 Å². The highest BCUT2D eigenvalue weighted by atomic mass is 35.5. The first-order valence-corrected chi connectivity index (χ1v) is 12.4. The molecule has 0 unspecified atom stereocenters. The van der Waals surface area contributed by atoms with E-state index in [0.29, 0.717) is 0 Å². The molecule has 5 atom stereocenters. The molecule has 0 spiro atoms. The van der Waals surface area contributed by atoms with Gasteiger partial charge in [0.25, 0.3) is 0 Å². The highest BCUT2D eigenvalue weighted by Gasteiger charge is 2.84. The van der Waals surface area contributed by atoms with Crippen molar-refractivity contribution in [2.75, 3.05) is 5.32 Å². The SMILES string of the molecule is CCC1(CC)[C@@H](NC(=O)Nc2c(Cl)cccc2Cl)[C@@H]2[C@@H](C(=O)O)[C@H]2[C@@]1(NC(=O)OC(C)(C)C)C(=O)O. The molecule has 0 radical (unpaired) electrons. The Hall–Kier alpha value is -2.72. The van der Waals surface area contributed by atoms with E-state index in [0.717, 1.165) is 0 Å². The van der Waals surface area contributed by atoms with Crippen molar-refractivity contribution in [3.8, 4) is 0 Å². The van der Waals surface area contributed by atoms with Crippen molar-refractivity contribution < 1.29 is 34.1 Å². The molecule has 0 bridgehead atoms. The summed E-state index contributed by atoms with van der Waals surface area (Å²) in [5.74, 6) is -5.37. The lowest BCUT2D eigenvalue weighted by Gasteiger charge is -2.48. The molecule has 1 aromatic rings. The Morgan fingerprint density at radius 3 is 2.06 bits per heavy atom. The third-order valence-corrected chi connectivity index (χ3v) is 8.04. The maximum atomic E-state index is 13.1. The Bertz CT molecular complexity index is 1070. The number of nitrogens with one attached hydrogen (secondary N) is 3. The number of alkyl carbamates (subject to hydrolysis) is 1. The number of anilines is 1. The van der Waals surface area contributed by atoms with Gasteiger partial charge in [0.1, 0.15) is 5.60 Å². The largest absolute Gasteiger partial charge is 0.481 e. The van der Waals surface area contributed by atoms with Crippen LogP contribution in [0.25, 0.3) is 0 Å². The van der Waals surface area contributed by atoms with Crippen molar-refractivity contribution in [3.63, 3.8) is 0 Å². The van der Waals surface area contributed by atoms with Gasteiger partial charge in [0.05, 0.1) is 21.7 Å². The van der Waals surface area contributed by atoms with Gasteiger partial charge in [0.15, 0.2) is 5.54 Å². The third kappa shape index (κ3) is 4.45. The zero-order valence-corrected chi connectivity index (χ0v) is 22.2. The first-order chi connectivity index (χ1) is 16.7. The van der Waals surface area contributed by atoms with Crippen LogP contribution in [-0.2, 0) is 14.3 Å².